The van der Waals surface area contributed by atoms with Crippen LogP contribution in [0.1, 0.15) is 42.7 Å². The number of hydrogen-bond acceptors (Lipinski definition) is 2. The Morgan fingerprint density at radius 1 is 1.24 bits per heavy atom. The van der Waals surface area contributed by atoms with Gasteiger partial charge < -0.3 is 9.47 Å². The molecule has 90 valence electrons. The first-order chi connectivity index (χ1) is 8.38. The fraction of sp³-hybridized carbons (Fsp3) is 0.600. The lowest BCUT2D eigenvalue weighted by molar-refractivity contribution is 0.118. The molecule has 2 heteroatoms. The molecular weight excluding hydrogens is 212 g/mol. The van der Waals surface area contributed by atoms with Crippen LogP contribution >= 0.6 is 0 Å². The van der Waals surface area contributed by atoms with E-state index in [2.05, 4.69) is 12.1 Å². The molecule has 0 aromatic heterocycles. The zero-order chi connectivity index (χ0) is 11.4. The van der Waals surface area contributed by atoms with Crippen molar-refractivity contribution in [2.75, 3.05) is 7.11 Å². The van der Waals surface area contributed by atoms with Gasteiger partial charge in [-0.2, -0.15) is 0 Å². The predicted octanol–water partition coefficient (Wildman–Crippen LogP) is 3.29. The van der Waals surface area contributed by atoms with Gasteiger partial charge in [-0.15, -0.1) is 0 Å². The quantitative estimate of drug-likeness (QED) is 0.737. The second-order valence-electron chi connectivity index (χ2n) is 5.58. The van der Waals surface area contributed by atoms with Gasteiger partial charge in [0.1, 0.15) is 6.10 Å². The first kappa shape index (κ1) is 9.81. The Hall–Kier alpha value is -1.18. The molecule has 0 unspecified atom stereocenters. The molecule has 2 nitrogen and oxygen atoms in total. The Morgan fingerprint density at radius 2 is 2.18 bits per heavy atom. The maximum Gasteiger partial charge on any atom is 0.165 e. The summed E-state index contributed by atoms with van der Waals surface area (Å²) in [4.78, 5) is 0. The summed E-state index contributed by atoms with van der Waals surface area (Å²) in [7, 11) is 1.74. The number of aryl methyl sites for hydroxylation is 1. The lowest BCUT2D eigenvalue weighted by Gasteiger charge is -2.36. The van der Waals surface area contributed by atoms with E-state index in [-0.39, 0.29) is 0 Å². The summed E-state index contributed by atoms with van der Waals surface area (Å²) in [6.45, 7) is 0. The molecule has 4 rings (SSSR count). The van der Waals surface area contributed by atoms with E-state index in [1.165, 1.54) is 43.2 Å². The maximum absolute atomic E-state index is 6.20. The SMILES string of the molecule is COc1ccc2c3c1O[C@H]1CCC[C@@H](CC2)[C@@H]31. The highest BCUT2D eigenvalue weighted by Crippen LogP contribution is 2.56. The van der Waals surface area contributed by atoms with E-state index in [1.807, 2.05) is 0 Å². The Morgan fingerprint density at radius 3 is 3.06 bits per heavy atom. The van der Waals surface area contributed by atoms with Gasteiger partial charge >= 0.3 is 0 Å². The first-order valence-corrected chi connectivity index (χ1v) is 6.75. The molecule has 0 saturated heterocycles. The molecule has 1 aromatic carbocycles. The van der Waals surface area contributed by atoms with Gasteiger partial charge in [0, 0.05) is 11.5 Å². The topological polar surface area (TPSA) is 18.5 Å². The Kier molecular flexibility index (Phi) is 1.97. The van der Waals surface area contributed by atoms with Crippen molar-refractivity contribution in [2.45, 2.75) is 44.1 Å². The monoisotopic (exact) mass is 230 g/mol. The minimum Gasteiger partial charge on any atom is -0.493 e. The van der Waals surface area contributed by atoms with E-state index < -0.39 is 0 Å². The van der Waals surface area contributed by atoms with Crippen LogP contribution in [0.25, 0.3) is 0 Å². The van der Waals surface area contributed by atoms with Crippen LogP contribution in [0, 0.1) is 5.92 Å². The molecule has 0 amide bonds. The van der Waals surface area contributed by atoms with Gasteiger partial charge in [0.25, 0.3) is 0 Å². The molecule has 0 bridgehead atoms. The molecule has 0 N–H and O–H groups in total. The highest BCUT2D eigenvalue weighted by Gasteiger charge is 2.46. The third kappa shape index (κ3) is 1.21. The Balaban J connectivity index is 1.91. The lowest BCUT2D eigenvalue weighted by atomic mass is 9.68. The van der Waals surface area contributed by atoms with Crippen LogP contribution in [0.4, 0.5) is 0 Å². The molecular formula is C15H18O2. The van der Waals surface area contributed by atoms with Gasteiger partial charge in [-0.3, -0.25) is 0 Å². The van der Waals surface area contributed by atoms with E-state index >= 15 is 0 Å². The Bertz CT molecular complexity index is 466. The second-order valence-corrected chi connectivity index (χ2v) is 5.58. The smallest absolute Gasteiger partial charge is 0.165 e. The molecule has 1 aliphatic heterocycles. The zero-order valence-electron chi connectivity index (χ0n) is 10.2. The fourth-order valence-electron chi connectivity index (χ4n) is 4.10. The average Bonchev–Trinajstić information content (AvgIpc) is 2.77. The van der Waals surface area contributed by atoms with Crippen molar-refractivity contribution in [3.63, 3.8) is 0 Å². The van der Waals surface area contributed by atoms with Crippen LogP contribution in [0.3, 0.4) is 0 Å². The highest BCUT2D eigenvalue weighted by molar-refractivity contribution is 5.57. The van der Waals surface area contributed by atoms with E-state index in [1.54, 1.807) is 7.11 Å². The number of ether oxygens (including phenoxy) is 2. The van der Waals surface area contributed by atoms with Gasteiger partial charge in [0.05, 0.1) is 7.11 Å². The first-order valence-electron chi connectivity index (χ1n) is 6.75. The van der Waals surface area contributed by atoms with Crippen molar-refractivity contribution in [3.05, 3.63) is 23.3 Å². The van der Waals surface area contributed by atoms with Crippen molar-refractivity contribution in [1.29, 1.82) is 0 Å². The molecule has 1 fully saturated rings. The van der Waals surface area contributed by atoms with Gasteiger partial charge in [-0.1, -0.05) is 6.07 Å². The zero-order valence-corrected chi connectivity index (χ0v) is 10.2. The summed E-state index contributed by atoms with van der Waals surface area (Å²) in [5.41, 5.74) is 3.00. The van der Waals surface area contributed by atoms with Gasteiger partial charge in [0.2, 0.25) is 0 Å². The van der Waals surface area contributed by atoms with Gasteiger partial charge in [0.15, 0.2) is 11.5 Å². The summed E-state index contributed by atoms with van der Waals surface area (Å²) < 4.78 is 11.7. The van der Waals surface area contributed by atoms with E-state index in [4.69, 9.17) is 9.47 Å². The van der Waals surface area contributed by atoms with E-state index in [0.717, 1.165) is 17.4 Å². The number of benzene rings is 1. The second kappa shape index (κ2) is 3.41. The predicted molar refractivity (Wildman–Crippen MR) is 65.8 cm³/mol. The van der Waals surface area contributed by atoms with Crippen LogP contribution in [-0.2, 0) is 6.42 Å². The third-order valence-electron chi connectivity index (χ3n) is 4.83. The van der Waals surface area contributed by atoms with Crippen LogP contribution in [-0.4, -0.2) is 13.2 Å². The number of hydrogen-bond donors (Lipinski definition) is 0. The fourth-order valence-corrected chi connectivity index (χ4v) is 4.10. The summed E-state index contributed by atoms with van der Waals surface area (Å²) in [6.07, 6.45) is 6.95. The van der Waals surface area contributed by atoms with Crippen molar-refractivity contribution in [1.82, 2.24) is 0 Å². The number of methoxy groups -OCH3 is 1. The van der Waals surface area contributed by atoms with Crippen LogP contribution < -0.4 is 9.47 Å². The normalized spacial score (nSPS) is 32.9. The van der Waals surface area contributed by atoms with E-state index in [0.29, 0.717) is 12.0 Å². The summed E-state index contributed by atoms with van der Waals surface area (Å²) in [6, 6.07) is 4.32. The third-order valence-corrected chi connectivity index (χ3v) is 4.83. The van der Waals surface area contributed by atoms with Gasteiger partial charge in [-0.25, -0.2) is 0 Å². The highest BCUT2D eigenvalue weighted by atomic mass is 16.5. The lowest BCUT2D eigenvalue weighted by Crippen LogP contribution is -2.32. The molecule has 1 saturated carbocycles. The van der Waals surface area contributed by atoms with Crippen molar-refractivity contribution < 1.29 is 9.47 Å². The van der Waals surface area contributed by atoms with Crippen LogP contribution in [0.5, 0.6) is 11.5 Å². The van der Waals surface area contributed by atoms with Gasteiger partial charge in [-0.05, 0) is 49.7 Å². The summed E-state index contributed by atoms with van der Waals surface area (Å²) in [5.74, 6) is 3.51. The van der Waals surface area contributed by atoms with Crippen molar-refractivity contribution >= 4 is 0 Å². The van der Waals surface area contributed by atoms with Crippen molar-refractivity contribution in [3.8, 4) is 11.5 Å². The summed E-state index contributed by atoms with van der Waals surface area (Å²) >= 11 is 0. The summed E-state index contributed by atoms with van der Waals surface area (Å²) in [5, 5.41) is 0. The van der Waals surface area contributed by atoms with Crippen molar-refractivity contribution in [2.24, 2.45) is 5.92 Å². The minimum absolute atomic E-state index is 0.430. The molecule has 1 aromatic rings. The minimum atomic E-state index is 0.430. The molecule has 0 spiro atoms. The molecule has 17 heavy (non-hydrogen) atoms. The molecule has 3 aliphatic rings. The molecule has 1 heterocycles. The maximum atomic E-state index is 6.20. The molecule has 2 aliphatic carbocycles. The average molecular weight is 230 g/mol. The Labute approximate surface area is 102 Å². The van der Waals surface area contributed by atoms with Crippen LogP contribution in [0.15, 0.2) is 12.1 Å². The molecule has 0 radical (unpaired) electrons. The van der Waals surface area contributed by atoms with Crippen LogP contribution in [0.2, 0.25) is 0 Å². The molecule has 3 atom stereocenters. The number of rotatable bonds is 1. The van der Waals surface area contributed by atoms with E-state index in [9.17, 15) is 0 Å². The largest absolute Gasteiger partial charge is 0.493 e. The standard InChI is InChI=1S/C15H18O2/c1-16-12-8-7-10-6-5-9-3-2-4-11-13(9)14(10)15(12)17-11/h7-9,11,13H,2-6H2,1H3/t9-,11-,13+/m0/s1.